The van der Waals surface area contributed by atoms with Gasteiger partial charge in [0.05, 0.1) is 5.75 Å². The fourth-order valence-corrected chi connectivity index (χ4v) is 3.84. The van der Waals surface area contributed by atoms with Crippen LogP contribution in [0.2, 0.25) is 0 Å². The average molecular weight is 344 g/mol. The summed E-state index contributed by atoms with van der Waals surface area (Å²) in [6.07, 6.45) is 7.61. The SMILES string of the molecule is CN(C(=O)CSc1n[nH]c(CCC2CCCC2)n1)c1ccccc1. The van der Waals surface area contributed by atoms with E-state index in [9.17, 15) is 4.79 Å². The highest BCUT2D eigenvalue weighted by atomic mass is 32.2. The summed E-state index contributed by atoms with van der Waals surface area (Å²) in [5.41, 5.74) is 0.898. The van der Waals surface area contributed by atoms with Crippen molar-refractivity contribution in [3.63, 3.8) is 0 Å². The molecule has 1 aliphatic carbocycles. The van der Waals surface area contributed by atoms with Gasteiger partial charge in [0.1, 0.15) is 5.82 Å². The molecule has 0 saturated heterocycles. The van der Waals surface area contributed by atoms with Crippen LogP contribution in [0.3, 0.4) is 0 Å². The van der Waals surface area contributed by atoms with Crippen LogP contribution in [-0.2, 0) is 11.2 Å². The number of nitrogens with one attached hydrogen (secondary N) is 1. The predicted molar refractivity (Wildman–Crippen MR) is 97.2 cm³/mol. The highest BCUT2D eigenvalue weighted by molar-refractivity contribution is 7.99. The minimum Gasteiger partial charge on any atom is -0.315 e. The van der Waals surface area contributed by atoms with Crippen molar-refractivity contribution >= 4 is 23.4 Å². The molecule has 3 rings (SSSR count). The second-order valence-corrected chi connectivity index (χ2v) is 7.27. The molecular weight excluding hydrogens is 320 g/mol. The Morgan fingerprint density at radius 1 is 1.29 bits per heavy atom. The lowest BCUT2D eigenvalue weighted by Gasteiger charge is -2.16. The molecule has 0 bridgehead atoms. The highest BCUT2D eigenvalue weighted by Crippen LogP contribution is 2.28. The summed E-state index contributed by atoms with van der Waals surface area (Å²) in [5.74, 6) is 2.18. The maximum atomic E-state index is 12.3. The molecule has 2 aromatic rings. The van der Waals surface area contributed by atoms with Crippen molar-refractivity contribution in [2.45, 2.75) is 43.7 Å². The number of aromatic nitrogens is 3. The molecule has 0 atom stereocenters. The Balaban J connectivity index is 1.45. The van der Waals surface area contributed by atoms with Crippen LogP contribution in [0.5, 0.6) is 0 Å². The Morgan fingerprint density at radius 3 is 2.79 bits per heavy atom. The molecule has 1 fully saturated rings. The normalized spacial score (nSPS) is 14.9. The van der Waals surface area contributed by atoms with Crippen LogP contribution in [0.1, 0.15) is 37.9 Å². The number of H-pyrrole nitrogens is 1. The van der Waals surface area contributed by atoms with Crippen LogP contribution in [0, 0.1) is 5.92 Å². The van der Waals surface area contributed by atoms with Crippen molar-refractivity contribution in [2.24, 2.45) is 5.92 Å². The number of thioether (sulfide) groups is 1. The average Bonchev–Trinajstić information content (AvgIpc) is 3.29. The number of nitrogens with zero attached hydrogens (tertiary/aromatic N) is 3. The number of rotatable bonds is 7. The third-order valence-corrected chi connectivity index (χ3v) is 5.45. The predicted octanol–water partition coefficient (Wildman–Crippen LogP) is 3.68. The molecule has 1 saturated carbocycles. The van der Waals surface area contributed by atoms with Crippen molar-refractivity contribution in [3.8, 4) is 0 Å². The first-order valence-corrected chi connectivity index (χ1v) is 9.56. The first-order chi connectivity index (χ1) is 11.7. The largest absolute Gasteiger partial charge is 0.315 e. The number of para-hydroxylation sites is 1. The number of benzene rings is 1. The van der Waals surface area contributed by atoms with Crippen LogP contribution in [0.25, 0.3) is 0 Å². The molecule has 128 valence electrons. The van der Waals surface area contributed by atoms with Crippen molar-refractivity contribution in [1.82, 2.24) is 15.2 Å². The zero-order chi connectivity index (χ0) is 16.8. The first-order valence-electron chi connectivity index (χ1n) is 8.58. The van der Waals surface area contributed by atoms with Gasteiger partial charge in [-0.25, -0.2) is 4.98 Å². The maximum Gasteiger partial charge on any atom is 0.237 e. The monoisotopic (exact) mass is 344 g/mol. The van der Waals surface area contributed by atoms with Gasteiger partial charge in [-0.15, -0.1) is 5.10 Å². The van der Waals surface area contributed by atoms with Gasteiger partial charge >= 0.3 is 0 Å². The maximum absolute atomic E-state index is 12.3. The lowest BCUT2D eigenvalue weighted by Crippen LogP contribution is -2.27. The zero-order valence-electron chi connectivity index (χ0n) is 14.1. The van der Waals surface area contributed by atoms with Crippen molar-refractivity contribution in [2.75, 3.05) is 17.7 Å². The van der Waals surface area contributed by atoms with Crippen molar-refractivity contribution in [3.05, 3.63) is 36.2 Å². The number of hydrogen-bond acceptors (Lipinski definition) is 4. The smallest absolute Gasteiger partial charge is 0.237 e. The van der Waals surface area contributed by atoms with E-state index in [2.05, 4.69) is 15.2 Å². The molecule has 5 nitrogen and oxygen atoms in total. The number of hydrogen-bond donors (Lipinski definition) is 1. The number of amides is 1. The third-order valence-electron chi connectivity index (χ3n) is 4.62. The number of anilines is 1. The van der Waals surface area contributed by atoms with E-state index in [4.69, 9.17) is 0 Å². The molecule has 1 N–H and O–H groups in total. The molecule has 0 unspecified atom stereocenters. The zero-order valence-corrected chi connectivity index (χ0v) is 14.9. The van der Waals surface area contributed by atoms with E-state index in [0.29, 0.717) is 10.9 Å². The van der Waals surface area contributed by atoms with E-state index >= 15 is 0 Å². The number of aryl methyl sites for hydroxylation is 1. The quantitative estimate of drug-likeness (QED) is 0.778. The first kappa shape index (κ1) is 17.0. The molecule has 1 aromatic carbocycles. The van der Waals surface area contributed by atoms with Gasteiger partial charge in [0.15, 0.2) is 0 Å². The fraction of sp³-hybridized carbons (Fsp3) is 0.500. The molecule has 0 spiro atoms. The molecule has 1 aromatic heterocycles. The standard InChI is InChI=1S/C18H24N4OS/c1-22(15-9-3-2-4-10-15)17(23)13-24-18-19-16(20-21-18)12-11-14-7-5-6-8-14/h2-4,9-10,14H,5-8,11-13H2,1H3,(H,19,20,21). The van der Waals surface area contributed by atoms with Gasteiger partial charge in [-0.1, -0.05) is 55.6 Å². The Hall–Kier alpha value is -1.82. The Morgan fingerprint density at radius 2 is 2.04 bits per heavy atom. The third kappa shape index (κ3) is 4.60. The summed E-state index contributed by atoms with van der Waals surface area (Å²) in [6, 6.07) is 9.65. The molecule has 0 radical (unpaired) electrons. The van der Waals surface area contributed by atoms with Gasteiger partial charge in [0.25, 0.3) is 0 Å². The van der Waals surface area contributed by atoms with Gasteiger partial charge in [-0.05, 0) is 24.5 Å². The van der Waals surface area contributed by atoms with Crippen LogP contribution in [0.4, 0.5) is 5.69 Å². The Bertz CT molecular complexity index is 652. The molecule has 1 amide bonds. The Labute approximate surface area is 147 Å². The lowest BCUT2D eigenvalue weighted by molar-refractivity contribution is -0.115. The van der Waals surface area contributed by atoms with Gasteiger partial charge in [-0.3, -0.25) is 9.89 Å². The van der Waals surface area contributed by atoms with E-state index in [0.717, 1.165) is 23.9 Å². The summed E-state index contributed by atoms with van der Waals surface area (Å²) in [5, 5.41) is 7.89. The topological polar surface area (TPSA) is 61.9 Å². The van der Waals surface area contributed by atoms with Crippen LogP contribution >= 0.6 is 11.8 Å². The summed E-state index contributed by atoms with van der Waals surface area (Å²) in [4.78, 5) is 18.4. The van der Waals surface area contributed by atoms with Crippen LogP contribution in [-0.4, -0.2) is 33.9 Å². The summed E-state index contributed by atoms with van der Waals surface area (Å²) in [6.45, 7) is 0. The fourth-order valence-electron chi connectivity index (χ4n) is 3.11. The van der Waals surface area contributed by atoms with Gasteiger partial charge in [-0.2, -0.15) is 0 Å². The second kappa shape index (κ2) is 8.33. The summed E-state index contributed by atoms with van der Waals surface area (Å²) in [7, 11) is 1.79. The second-order valence-electron chi connectivity index (χ2n) is 6.33. The lowest BCUT2D eigenvalue weighted by atomic mass is 10.0. The van der Waals surface area contributed by atoms with Crippen molar-refractivity contribution in [1.29, 1.82) is 0 Å². The summed E-state index contributed by atoms with van der Waals surface area (Å²) < 4.78 is 0. The van der Waals surface area contributed by atoms with E-state index in [-0.39, 0.29) is 5.91 Å². The Kier molecular flexibility index (Phi) is 5.91. The van der Waals surface area contributed by atoms with E-state index in [1.54, 1.807) is 11.9 Å². The minimum atomic E-state index is 0.0449. The highest BCUT2D eigenvalue weighted by Gasteiger charge is 2.16. The van der Waals surface area contributed by atoms with Gasteiger partial charge in [0, 0.05) is 19.2 Å². The van der Waals surface area contributed by atoms with E-state index in [1.165, 1.54) is 43.9 Å². The molecule has 0 aliphatic heterocycles. The minimum absolute atomic E-state index is 0.0449. The molecule has 1 heterocycles. The van der Waals surface area contributed by atoms with E-state index in [1.807, 2.05) is 30.3 Å². The number of carbonyl (C=O) groups excluding carboxylic acids is 1. The number of carbonyl (C=O) groups is 1. The van der Waals surface area contributed by atoms with Crippen LogP contribution < -0.4 is 4.90 Å². The van der Waals surface area contributed by atoms with Crippen molar-refractivity contribution < 1.29 is 4.79 Å². The van der Waals surface area contributed by atoms with Gasteiger partial charge < -0.3 is 4.90 Å². The van der Waals surface area contributed by atoms with Crippen LogP contribution in [0.15, 0.2) is 35.5 Å². The molecule has 24 heavy (non-hydrogen) atoms. The van der Waals surface area contributed by atoms with E-state index < -0.39 is 0 Å². The molecular formula is C18H24N4OS. The van der Waals surface area contributed by atoms with Gasteiger partial charge in [0.2, 0.25) is 11.1 Å². The summed E-state index contributed by atoms with van der Waals surface area (Å²) >= 11 is 1.39. The number of aromatic amines is 1. The molecule has 6 heteroatoms. The molecule has 1 aliphatic rings.